The second-order valence-corrected chi connectivity index (χ2v) is 6.57. The van der Waals surface area contributed by atoms with Gasteiger partial charge < -0.3 is 15.2 Å². The van der Waals surface area contributed by atoms with Crippen molar-refractivity contribution in [2.24, 2.45) is 0 Å². The molecule has 0 aliphatic rings. The van der Waals surface area contributed by atoms with E-state index in [1.807, 2.05) is 43.3 Å². The lowest BCUT2D eigenvalue weighted by molar-refractivity contribution is -0.147. The van der Waals surface area contributed by atoms with E-state index in [0.29, 0.717) is 12.8 Å². The molecule has 1 amide bonds. The Labute approximate surface area is 148 Å². The highest BCUT2D eigenvalue weighted by atomic mass is 16.5. The minimum atomic E-state index is -1.25. The lowest BCUT2D eigenvalue weighted by Gasteiger charge is -2.27. The van der Waals surface area contributed by atoms with Crippen molar-refractivity contribution in [2.75, 3.05) is 7.11 Å². The summed E-state index contributed by atoms with van der Waals surface area (Å²) in [6.45, 7) is 5.23. The van der Waals surface area contributed by atoms with E-state index >= 15 is 0 Å². The van der Waals surface area contributed by atoms with Gasteiger partial charge in [-0.05, 0) is 48.7 Å². The zero-order chi connectivity index (χ0) is 18.6. The zero-order valence-corrected chi connectivity index (χ0v) is 15.1. The molecule has 5 nitrogen and oxygen atoms in total. The van der Waals surface area contributed by atoms with Crippen molar-refractivity contribution < 1.29 is 19.4 Å². The Morgan fingerprint density at radius 1 is 1.20 bits per heavy atom. The number of hydrogen-bond donors (Lipinski definition) is 2. The molecule has 2 aromatic carbocycles. The fraction of sp³-hybridized carbons (Fsp3) is 0.400. The maximum absolute atomic E-state index is 12.6. The summed E-state index contributed by atoms with van der Waals surface area (Å²) in [5.41, 5.74) is -0.399. The molecule has 134 valence electrons. The average Bonchev–Trinajstić information content (AvgIpc) is 2.60. The molecule has 0 saturated carbocycles. The Hall–Kier alpha value is -2.56. The zero-order valence-electron chi connectivity index (χ0n) is 15.1. The molecular formula is C20H25NO4. The van der Waals surface area contributed by atoms with Gasteiger partial charge in [0.15, 0.2) is 0 Å². The smallest absolute Gasteiger partial charge is 0.329 e. The van der Waals surface area contributed by atoms with Crippen LogP contribution in [0.25, 0.3) is 10.8 Å². The van der Waals surface area contributed by atoms with Crippen LogP contribution in [-0.2, 0) is 9.59 Å². The van der Waals surface area contributed by atoms with E-state index < -0.39 is 17.4 Å². The van der Waals surface area contributed by atoms with Gasteiger partial charge in [0.05, 0.1) is 13.0 Å². The van der Waals surface area contributed by atoms with E-state index in [1.165, 1.54) is 0 Å². The second kappa shape index (κ2) is 7.55. The largest absolute Gasteiger partial charge is 0.497 e. The number of nitrogens with one attached hydrogen (secondary N) is 1. The molecule has 0 spiro atoms. The Kier molecular flexibility index (Phi) is 5.67. The Morgan fingerprint density at radius 2 is 1.84 bits per heavy atom. The van der Waals surface area contributed by atoms with Crippen molar-refractivity contribution in [3.63, 3.8) is 0 Å². The van der Waals surface area contributed by atoms with Crippen molar-refractivity contribution >= 4 is 22.6 Å². The average molecular weight is 343 g/mol. The van der Waals surface area contributed by atoms with Crippen molar-refractivity contribution in [1.82, 2.24) is 5.32 Å². The molecule has 0 saturated heterocycles. The summed E-state index contributed by atoms with van der Waals surface area (Å²) in [6.07, 6.45) is 1.06. The van der Waals surface area contributed by atoms with Crippen LogP contribution in [-0.4, -0.2) is 29.6 Å². The summed E-state index contributed by atoms with van der Waals surface area (Å²) in [4.78, 5) is 24.1. The number of carbonyl (C=O) groups excluding carboxylic acids is 1. The molecule has 2 N–H and O–H groups in total. The minimum absolute atomic E-state index is 0.286. The van der Waals surface area contributed by atoms with Crippen molar-refractivity contribution in [1.29, 1.82) is 0 Å². The summed E-state index contributed by atoms with van der Waals surface area (Å²) in [5, 5.41) is 14.2. The van der Waals surface area contributed by atoms with Gasteiger partial charge in [0, 0.05) is 0 Å². The maximum atomic E-state index is 12.6. The second-order valence-electron chi connectivity index (χ2n) is 6.57. The quantitative estimate of drug-likeness (QED) is 0.803. The minimum Gasteiger partial charge on any atom is -0.497 e. The van der Waals surface area contributed by atoms with Crippen LogP contribution in [0.5, 0.6) is 5.75 Å². The number of benzene rings is 2. The summed E-state index contributed by atoms with van der Waals surface area (Å²) >= 11 is 0. The first-order valence-electron chi connectivity index (χ1n) is 8.44. The molecular weight excluding hydrogens is 318 g/mol. The Balaban J connectivity index is 2.24. The van der Waals surface area contributed by atoms with Gasteiger partial charge in [-0.1, -0.05) is 37.6 Å². The normalized spacial score (nSPS) is 14.6. The number of carboxylic acids is 1. The van der Waals surface area contributed by atoms with E-state index in [2.05, 4.69) is 5.32 Å². The number of amides is 1. The van der Waals surface area contributed by atoms with Gasteiger partial charge in [-0.2, -0.15) is 0 Å². The lowest BCUT2D eigenvalue weighted by Crippen LogP contribution is -2.53. The topological polar surface area (TPSA) is 75.6 Å². The fourth-order valence-corrected chi connectivity index (χ4v) is 2.89. The van der Waals surface area contributed by atoms with E-state index in [1.54, 1.807) is 21.0 Å². The highest BCUT2D eigenvalue weighted by molar-refractivity contribution is 5.91. The highest BCUT2D eigenvalue weighted by Gasteiger charge is 2.35. The first-order chi connectivity index (χ1) is 11.8. The number of aliphatic carboxylic acids is 1. The fourth-order valence-electron chi connectivity index (χ4n) is 2.89. The summed E-state index contributed by atoms with van der Waals surface area (Å²) in [7, 11) is 1.62. The predicted octanol–water partition coefficient (Wildman–Crippen LogP) is 3.71. The number of methoxy groups -OCH3 is 1. The molecule has 0 bridgehead atoms. The molecule has 0 heterocycles. The van der Waals surface area contributed by atoms with Crippen LogP contribution >= 0.6 is 0 Å². The molecule has 0 aliphatic heterocycles. The molecule has 2 atom stereocenters. The van der Waals surface area contributed by atoms with Crippen molar-refractivity contribution in [3.8, 4) is 5.75 Å². The summed E-state index contributed by atoms with van der Waals surface area (Å²) in [5.74, 6) is -0.961. The van der Waals surface area contributed by atoms with E-state index in [9.17, 15) is 14.7 Å². The third-order valence-corrected chi connectivity index (χ3v) is 4.59. The van der Waals surface area contributed by atoms with Crippen molar-refractivity contribution in [3.05, 3.63) is 42.0 Å². The van der Waals surface area contributed by atoms with Gasteiger partial charge in [-0.3, -0.25) is 4.79 Å². The van der Waals surface area contributed by atoms with E-state index in [-0.39, 0.29) is 5.91 Å². The SMILES string of the molecule is CCCC(C)(NC(=O)[C@@H](C)c1ccc2cc(OC)ccc2c1)C(=O)O. The molecule has 0 aliphatic carbocycles. The van der Waals surface area contributed by atoms with Crippen LogP contribution in [0, 0.1) is 0 Å². The molecule has 0 aromatic heterocycles. The van der Waals surface area contributed by atoms with Gasteiger partial charge in [0.2, 0.25) is 5.91 Å². The van der Waals surface area contributed by atoms with Gasteiger partial charge in [0.1, 0.15) is 11.3 Å². The lowest BCUT2D eigenvalue weighted by atomic mass is 9.92. The van der Waals surface area contributed by atoms with Crippen LogP contribution in [0.2, 0.25) is 0 Å². The van der Waals surface area contributed by atoms with E-state index in [4.69, 9.17) is 4.74 Å². The monoisotopic (exact) mass is 343 g/mol. The number of hydrogen-bond acceptors (Lipinski definition) is 3. The molecule has 0 radical (unpaired) electrons. The Bertz CT molecular complexity index is 786. The maximum Gasteiger partial charge on any atom is 0.329 e. The van der Waals surface area contributed by atoms with Gasteiger partial charge in [0.25, 0.3) is 0 Å². The van der Waals surface area contributed by atoms with Crippen LogP contribution < -0.4 is 10.1 Å². The standard InChI is InChI=1S/C20H25NO4/c1-5-10-20(3,19(23)24)21-18(22)13(2)14-6-7-16-12-17(25-4)9-8-15(16)11-14/h6-9,11-13H,5,10H2,1-4H3,(H,21,22)(H,23,24)/t13-,20?/m0/s1. The number of carboxylic acid groups (broad SMARTS) is 1. The molecule has 2 aromatic rings. The van der Waals surface area contributed by atoms with Gasteiger partial charge in [-0.25, -0.2) is 4.79 Å². The van der Waals surface area contributed by atoms with E-state index in [0.717, 1.165) is 22.1 Å². The van der Waals surface area contributed by atoms with Crippen LogP contribution in [0.15, 0.2) is 36.4 Å². The molecule has 1 unspecified atom stereocenters. The number of ether oxygens (including phenoxy) is 1. The van der Waals surface area contributed by atoms with Crippen LogP contribution in [0.4, 0.5) is 0 Å². The van der Waals surface area contributed by atoms with Crippen LogP contribution in [0.1, 0.15) is 45.1 Å². The number of rotatable bonds is 7. The Morgan fingerprint density at radius 3 is 2.44 bits per heavy atom. The summed E-state index contributed by atoms with van der Waals surface area (Å²) in [6, 6.07) is 11.5. The summed E-state index contributed by atoms with van der Waals surface area (Å²) < 4.78 is 5.22. The third-order valence-electron chi connectivity index (χ3n) is 4.59. The predicted molar refractivity (Wildman–Crippen MR) is 98.0 cm³/mol. The number of fused-ring (bicyclic) bond motifs is 1. The van der Waals surface area contributed by atoms with Gasteiger partial charge in [-0.15, -0.1) is 0 Å². The molecule has 25 heavy (non-hydrogen) atoms. The molecule has 0 fully saturated rings. The van der Waals surface area contributed by atoms with Gasteiger partial charge >= 0.3 is 5.97 Å². The molecule has 5 heteroatoms. The first-order valence-corrected chi connectivity index (χ1v) is 8.44. The third kappa shape index (κ3) is 4.10. The number of carbonyl (C=O) groups is 2. The highest BCUT2D eigenvalue weighted by Crippen LogP contribution is 2.26. The first kappa shape index (κ1) is 18.8. The van der Waals surface area contributed by atoms with Crippen molar-refractivity contribution in [2.45, 2.75) is 45.1 Å². The van der Waals surface area contributed by atoms with Crippen LogP contribution in [0.3, 0.4) is 0 Å². The molecule has 2 rings (SSSR count).